The van der Waals surface area contributed by atoms with Crippen LogP contribution in [0.1, 0.15) is 47.5 Å². The monoisotopic (exact) mass is 379 g/mol. The Hall–Kier alpha value is -3.28. The van der Waals surface area contributed by atoms with Crippen molar-refractivity contribution >= 4 is 16.9 Å². The molecule has 1 atom stereocenters. The number of ether oxygens (including phenoxy) is 2. The first-order valence-corrected chi connectivity index (χ1v) is 9.31. The molecule has 144 valence electrons. The van der Waals surface area contributed by atoms with E-state index in [1.54, 1.807) is 43.5 Å². The fourth-order valence-corrected chi connectivity index (χ4v) is 3.42. The van der Waals surface area contributed by atoms with Gasteiger partial charge in [0.1, 0.15) is 5.58 Å². The average molecular weight is 379 g/mol. The number of hydrogen-bond acceptors (Lipinski definition) is 5. The Morgan fingerprint density at radius 2 is 1.93 bits per heavy atom. The molecule has 1 aliphatic heterocycles. The number of hydrogen-bond donors (Lipinski definition) is 1. The van der Waals surface area contributed by atoms with Crippen LogP contribution in [0.25, 0.3) is 11.0 Å². The standard InChI is InChI=1S/C22H21NO5/c1-3-4-11-27-16-10-9-13(12-17(16)26-2)19-18-20(24)14-7-5-6-8-15(14)28-21(18)22(25)23-19/h5-10,12,19H,3-4,11H2,1-2H3,(H,23,25). The Balaban J connectivity index is 1.77. The second kappa shape index (κ2) is 7.38. The molecular weight excluding hydrogens is 358 g/mol. The summed E-state index contributed by atoms with van der Waals surface area (Å²) < 4.78 is 16.9. The Morgan fingerprint density at radius 3 is 2.71 bits per heavy atom. The molecular formula is C22H21NO5. The largest absolute Gasteiger partial charge is 0.493 e. The van der Waals surface area contributed by atoms with E-state index in [-0.39, 0.29) is 11.2 Å². The summed E-state index contributed by atoms with van der Waals surface area (Å²) >= 11 is 0. The Kier molecular flexibility index (Phi) is 4.77. The summed E-state index contributed by atoms with van der Waals surface area (Å²) in [6, 6.07) is 11.8. The topological polar surface area (TPSA) is 77.8 Å². The van der Waals surface area contributed by atoms with Gasteiger partial charge >= 0.3 is 0 Å². The van der Waals surface area contributed by atoms with Gasteiger partial charge < -0.3 is 19.2 Å². The number of carbonyl (C=O) groups excluding carboxylic acids is 1. The molecule has 0 radical (unpaired) electrons. The summed E-state index contributed by atoms with van der Waals surface area (Å²) in [6.07, 6.45) is 1.99. The minimum atomic E-state index is -0.595. The highest BCUT2D eigenvalue weighted by Crippen LogP contribution is 2.35. The number of nitrogens with one attached hydrogen (secondary N) is 1. The van der Waals surface area contributed by atoms with Gasteiger partial charge in [-0.25, -0.2) is 0 Å². The zero-order valence-electron chi connectivity index (χ0n) is 15.8. The van der Waals surface area contributed by atoms with Gasteiger partial charge in [0.15, 0.2) is 16.9 Å². The summed E-state index contributed by atoms with van der Waals surface area (Å²) in [4.78, 5) is 25.5. The average Bonchev–Trinajstić information content (AvgIpc) is 3.05. The molecule has 3 aromatic rings. The molecule has 0 bridgehead atoms. The van der Waals surface area contributed by atoms with E-state index in [2.05, 4.69) is 12.2 Å². The fraction of sp³-hybridized carbons (Fsp3) is 0.273. The predicted octanol–water partition coefficient (Wildman–Crippen LogP) is 3.81. The zero-order chi connectivity index (χ0) is 19.7. The molecule has 6 heteroatoms. The van der Waals surface area contributed by atoms with Crippen molar-refractivity contribution in [3.63, 3.8) is 0 Å². The highest BCUT2D eigenvalue weighted by atomic mass is 16.5. The van der Waals surface area contributed by atoms with E-state index >= 15 is 0 Å². The van der Waals surface area contributed by atoms with Crippen LogP contribution in [0, 0.1) is 0 Å². The third kappa shape index (κ3) is 3.01. The number of fused-ring (bicyclic) bond motifs is 2. The molecule has 28 heavy (non-hydrogen) atoms. The van der Waals surface area contributed by atoms with Crippen LogP contribution in [-0.4, -0.2) is 19.6 Å². The molecule has 1 aliphatic rings. The third-order valence-corrected chi connectivity index (χ3v) is 4.88. The van der Waals surface area contributed by atoms with Gasteiger partial charge in [-0.05, 0) is 36.2 Å². The first kappa shape index (κ1) is 18.1. The summed E-state index contributed by atoms with van der Waals surface area (Å²) in [7, 11) is 1.56. The van der Waals surface area contributed by atoms with E-state index in [0.717, 1.165) is 18.4 Å². The van der Waals surface area contributed by atoms with Crippen molar-refractivity contribution < 1.29 is 18.7 Å². The maximum Gasteiger partial charge on any atom is 0.288 e. The van der Waals surface area contributed by atoms with E-state index in [9.17, 15) is 9.59 Å². The number of rotatable bonds is 6. The molecule has 0 aliphatic carbocycles. The molecule has 0 saturated carbocycles. The minimum Gasteiger partial charge on any atom is -0.493 e. The van der Waals surface area contributed by atoms with Crippen molar-refractivity contribution in [1.29, 1.82) is 0 Å². The molecule has 1 N–H and O–H groups in total. The van der Waals surface area contributed by atoms with E-state index in [4.69, 9.17) is 13.9 Å². The van der Waals surface area contributed by atoms with Crippen molar-refractivity contribution in [2.75, 3.05) is 13.7 Å². The van der Waals surface area contributed by atoms with Gasteiger partial charge in [0.2, 0.25) is 5.76 Å². The molecule has 1 unspecified atom stereocenters. The van der Waals surface area contributed by atoms with Gasteiger partial charge in [-0.2, -0.15) is 0 Å². The molecule has 0 fully saturated rings. The molecule has 6 nitrogen and oxygen atoms in total. The van der Waals surface area contributed by atoms with Crippen LogP contribution in [0.4, 0.5) is 0 Å². The molecule has 1 aromatic heterocycles. The van der Waals surface area contributed by atoms with Crippen molar-refractivity contribution in [2.45, 2.75) is 25.8 Å². The highest BCUT2D eigenvalue weighted by molar-refractivity contribution is 5.98. The van der Waals surface area contributed by atoms with Gasteiger partial charge in [-0.15, -0.1) is 0 Å². The van der Waals surface area contributed by atoms with Crippen LogP contribution in [0.3, 0.4) is 0 Å². The lowest BCUT2D eigenvalue weighted by molar-refractivity contribution is 0.0938. The van der Waals surface area contributed by atoms with Crippen molar-refractivity contribution in [1.82, 2.24) is 5.32 Å². The van der Waals surface area contributed by atoms with Gasteiger partial charge in [-0.1, -0.05) is 31.5 Å². The molecule has 1 amide bonds. The zero-order valence-corrected chi connectivity index (χ0v) is 15.8. The van der Waals surface area contributed by atoms with Gasteiger partial charge in [-0.3, -0.25) is 9.59 Å². The molecule has 2 heterocycles. The molecule has 0 saturated heterocycles. The third-order valence-electron chi connectivity index (χ3n) is 4.88. The molecule has 4 rings (SSSR count). The van der Waals surface area contributed by atoms with Gasteiger partial charge in [0.05, 0.1) is 30.7 Å². The van der Waals surface area contributed by atoms with Gasteiger partial charge in [0.25, 0.3) is 5.91 Å². The lowest BCUT2D eigenvalue weighted by Gasteiger charge is -2.16. The Bertz CT molecular complexity index is 1100. The summed E-state index contributed by atoms with van der Waals surface area (Å²) in [5.41, 5.74) is 1.25. The van der Waals surface area contributed by atoms with Crippen LogP contribution in [0.2, 0.25) is 0 Å². The maximum absolute atomic E-state index is 13.0. The SMILES string of the molecule is CCCCOc1ccc(C2NC(=O)c3oc4ccccc4c(=O)c32)cc1OC. The van der Waals surface area contributed by atoms with Crippen LogP contribution >= 0.6 is 0 Å². The summed E-state index contributed by atoms with van der Waals surface area (Å²) in [5.74, 6) is 0.859. The fourth-order valence-electron chi connectivity index (χ4n) is 3.42. The van der Waals surface area contributed by atoms with Crippen LogP contribution in [0.5, 0.6) is 11.5 Å². The van der Waals surface area contributed by atoms with Crippen molar-refractivity contribution in [3.05, 3.63) is 69.6 Å². The molecule has 0 spiro atoms. The highest BCUT2D eigenvalue weighted by Gasteiger charge is 2.36. The van der Waals surface area contributed by atoms with Crippen LogP contribution in [-0.2, 0) is 0 Å². The number of carbonyl (C=O) groups is 1. The number of amides is 1. The first-order valence-electron chi connectivity index (χ1n) is 9.31. The normalized spacial score (nSPS) is 15.4. The van der Waals surface area contributed by atoms with Crippen molar-refractivity contribution in [2.24, 2.45) is 0 Å². The lowest BCUT2D eigenvalue weighted by atomic mass is 9.99. The van der Waals surface area contributed by atoms with E-state index in [0.29, 0.717) is 34.6 Å². The first-order chi connectivity index (χ1) is 13.6. The lowest BCUT2D eigenvalue weighted by Crippen LogP contribution is -2.22. The second-order valence-electron chi connectivity index (χ2n) is 6.69. The smallest absolute Gasteiger partial charge is 0.288 e. The minimum absolute atomic E-state index is 0.0657. The Labute approximate surface area is 162 Å². The van der Waals surface area contributed by atoms with Crippen LogP contribution in [0.15, 0.2) is 51.7 Å². The predicted molar refractivity (Wildman–Crippen MR) is 105 cm³/mol. The number of unbranched alkanes of at least 4 members (excludes halogenated alkanes) is 1. The number of methoxy groups -OCH3 is 1. The van der Waals surface area contributed by atoms with Gasteiger partial charge in [0, 0.05) is 0 Å². The Morgan fingerprint density at radius 1 is 1.11 bits per heavy atom. The van der Waals surface area contributed by atoms with Crippen LogP contribution < -0.4 is 20.2 Å². The quantitative estimate of drug-likeness (QED) is 0.659. The molecule has 2 aromatic carbocycles. The number of benzene rings is 2. The number of para-hydroxylation sites is 1. The van der Waals surface area contributed by atoms with Crippen molar-refractivity contribution in [3.8, 4) is 11.5 Å². The van der Waals surface area contributed by atoms with E-state index < -0.39 is 11.9 Å². The summed E-state index contributed by atoms with van der Waals surface area (Å²) in [6.45, 7) is 2.70. The maximum atomic E-state index is 13.0. The van der Waals surface area contributed by atoms with E-state index in [1.165, 1.54) is 0 Å². The summed E-state index contributed by atoms with van der Waals surface area (Å²) in [5, 5.41) is 3.30. The van der Waals surface area contributed by atoms with E-state index in [1.807, 2.05) is 6.07 Å². The second-order valence-corrected chi connectivity index (χ2v) is 6.69.